The summed E-state index contributed by atoms with van der Waals surface area (Å²) >= 11 is -0.944. The molecule has 0 radical (unpaired) electrons. The van der Waals surface area contributed by atoms with Gasteiger partial charge < -0.3 is 20.2 Å². The third-order valence-electron chi connectivity index (χ3n) is 13.7. The second-order valence-corrected chi connectivity index (χ2v) is 33.7. The Labute approximate surface area is 526 Å². The minimum absolute atomic E-state index is 0. The molecule has 0 amide bonds. The zero-order chi connectivity index (χ0) is 56.9. The Balaban J connectivity index is 0.000000700. The van der Waals surface area contributed by atoms with Gasteiger partial charge in [0.1, 0.15) is 0 Å². The summed E-state index contributed by atoms with van der Waals surface area (Å²) in [6.07, 6.45) is 3.54. The second kappa shape index (κ2) is 38.3. The van der Waals surface area contributed by atoms with Crippen molar-refractivity contribution in [2.75, 3.05) is 54.6 Å². The Hall–Kier alpha value is -3.76. The van der Waals surface area contributed by atoms with Crippen LogP contribution in [0.25, 0.3) is 10.8 Å². The maximum absolute atomic E-state index is 4.88. The van der Waals surface area contributed by atoms with Gasteiger partial charge in [0.05, 0.1) is 0 Å². The number of nitrogens with zero attached hydrogens (tertiary/aromatic N) is 3. The molecule has 0 aliphatic heterocycles. The van der Waals surface area contributed by atoms with Crippen LogP contribution in [0.2, 0.25) is 0 Å². The van der Waals surface area contributed by atoms with Gasteiger partial charge in [-0.1, -0.05) is 288 Å². The monoisotopic (exact) mass is 1600 g/mol. The van der Waals surface area contributed by atoms with Gasteiger partial charge in [0, 0.05) is 47.3 Å². The van der Waals surface area contributed by atoms with Gasteiger partial charge >= 0.3 is 70.6 Å². The molecule has 10 aromatic carbocycles. The summed E-state index contributed by atoms with van der Waals surface area (Å²) < 4.78 is 0. The molecular formula is C68H71Cl4N3OP4Pt2. The Morgan fingerprint density at radius 1 is 0.268 bits per heavy atom. The number of halogens is 4. The number of hydrogen-bond donors (Lipinski definition) is 0. The van der Waals surface area contributed by atoms with Crippen molar-refractivity contribution in [1.82, 2.24) is 4.90 Å². The average Bonchev–Trinajstić information content (AvgIpc) is 3.72. The minimum Gasteiger partial charge on any atom is -0.361 e. The van der Waals surface area contributed by atoms with E-state index in [1.165, 1.54) is 84.2 Å². The first kappa shape index (κ1) is 67.4. The molecule has 0 saturated carbocycles. The van der Waals surface area contributed by atoms with Crippen molar-refractivity contribution < 1.29 is 38.4 Å². The molecule has 0 aromatic heterocycles. The minimum atomic E-state index is -0.753. The summed E-state index contributed by atoms with van der Waals surface area (Å²) in [7, 11) is 16.5. The van der Waals surface area contributed by atoms with Crippen LogP contribution in [0.1, 0.15) is 20.8 Å². The zero-order valence-electron chi connectivity index (χ0n) is 46.3. The number of rotatable bonds is 21. The molecule has 432 valence electrons. The predicted octanol–water partition coefficient (Wildman–Crippen LogP) is 16.1. The van der Waals surface area contributed by atoms with Crippen LogP contribution in [-0.4, -0.2) is 55.2 Å². The van der Waals surface area contributed by atoms with E-state index in [0.717, 1.165) is 25.1 Å². The topological polar surface area (TPSA) is 41.2 Å². The quantitative estimate of drug-likeness (QED) is 0.0673. The Morgan fingerprint density at radius 3 is 0.585 bits per heavy atom. The van der Waals surface area contributed by atoms with Gasteiger partial charge in [0.25, 0.3) is 0 Å². The molecule has 82 heavy (non-hydrogen) atoms. The van der Waals surface area contributed by atoms with E-state index in [2.05, 4.69) is 315 Å². The van der Waals surface area contributed by atoms with E-state index in [1.54, 1.807) is 0 Å². The molecule has 14 heteroatoms. The SMILES string of the molecule is CCN(CC)CC.O.[Cl][Pt][Cl].[Cl][Pt][Cl].c1ccc(P(CN(CP(c2ccccc2)c2ccccc2)c2cccc3c(N(CP(c4ccccc4)c4ccccc4)CP(c4ccccc4)c4ccccc4)cccc23)c2ccccc2)cc1. The molecule has 0 saturated heterocycles. The molecule has 0 aliphatic carbocycles. The first-order valence-corrected chi connectivity index (χ1v) is 44.2. The van der Waals surface area contributed by atoms with Crippen molar-refractivity contribution in [1.29, 1.82) is 0 Å². The van der Waals surface area contributed by atoms with E-state index in [9.17, 15) is 0 Å². The first-order valence-electron chi connectivity index (χ1n) is 26.8. The van der Waals surface area contributed by atoms with Gasteiger partial charge in [-0.25, -0.2) is 0 Å². The van der Waals surface area contributed by atoms with E-state index >= 15 is 0 Å². The summed E-state index contributed by atoms with van der Waals surface area (Å²) in [5.41, 5.74) is 2.56. The number of benzene rings is 10. The van der Waals surface area contributed by atoms with Crippen LogP contribution in [-0.2, 0) is 33.0 Å². The molecule has 0 bridgehead atoms. The van der Waals surface area contributed by atoms with Gasteiger partial charge in [-0.3, -0.25) is 0 Å². The molecule has 0 fully saturated rings. The van der Waals surface area contributed by atoms with Crippen molar-refractivity contribution >= 4 is 134 Å². The van der Waals surface area contributed by atoms with E-state index in [1.807, 2.05) is 0 Å². The Morgan fingerprint density at radius 2 is 0.439 bits per heavy atom. The van der Waals surface area contributed by atoms with Crippen LogP contribution < -0.4 is 52.2 Å². The summed E-state index contributed by atoms with van der Waals surface area (Å²) in [5, 5.41) is 13.7. The largest absolute Gasteiger partial charge is 0.361 e. The molecule has 10 aromatic rings. The van der Waals surface area contributed by atoms with Gasteiger partial charge in [0.2, 0.25) is 0 Å². The number of fused-ring (bicyclic) bond motifs is 1. The maximum Gasteiger partial charge on any atom is 0.0463 e. The van der Waals surface area contributed by atoms with E-state index in [4.69, 9.17) is 37.7 Å². The molecular weight excluding hydrogens is 1530 g/mol. The summed E-state index contributed by atoms with van der Waals surface area (Å²) in [6.45, 7) is 10.1. The summed E-state index contributed by atoms with van der Waals surface area (Å²) in [6, 6.07) is 104. The normalized spacial score (nSPS) is 10.9. The van der Waals surface area contributed by atoms with Crippen molar-refractivity contribution in [3.05, 3.63) is 279 Å². The van der Waals surface area contributed by atoms with Crippen molar-refractivity contribution in [3.8, 4) is 0 Å². The molecule has 0 unspecified atom stereocenters. The predicted molar refractivity (Wildman–Crippen MR) is 365 cm³/mol. The second-order valence-electron chi connectivity index (χ2n) is 18.4. The summed E-state index contributed by atoms with van der Waals surface area (Å²) in [5.74, 6) is 0. The van der Waals surface area contributed by atoms with E-state index in [-0.39, 0.29) is 5.48 Å². The number of hydrogen-bond acceptors (Lipinski definition) is 3. The van der Waals surface area contributed by atoms with Gasteiger partial charge in [0.15, 0.2) is 0 Å². The van der Waals surface area contributed by atoms with Gasteiger partial charge in [-0.15, -0.1) is 0 Å². The molecule has 2 N–H and O–H groups in total. The Kier molecular flexibility index (Phi) is 31.5. The standard InChI is InChI=1S/C62H54N2P4.C6H15N.4ClH.H2O.2Pt/c1-9-27-51(28-10-1)65(52-29-11-2-12-30-52)47-63(48-66(53-31-13-3-14-32-53)54-33-15-4-16-34-54)61-45-25-44-60-59(61)43-26-46-62(60)64(49-67(55-35-17-5-18-36-55)56-37-19-6-20-38-56)50-68(57-39-21-7-22-40-57)58-41-23-8-24-42-58;1-4-7(5-2)6-3;;;;;;;/h1-46H,47-50H2;4-6H2,1-3H3;4*1H;1H2;;/q;;;;;;;2*+2/p-4. The van der Waals surface area contributed by atoms with Crippen LogP contribution in [0.4, 0.5) is 11.4 Å². The van der Waals surface area contributed by atoms with Crippen molar-refractivity contribution in [3.63, 3.8) is 0 Å². The fourth-order valence-corrected chi connectivity index (χ4v) is 19.1. The van der Waals surface area contributed by atoms with Crippen LogP contribution in [0.3, 0.4) is 0 Å². The molecule has 0 atom stereocenters. The molecule has 10 rings (SSSR count). The van der Waals surface area contributed by atoms with Crippen LogP contribution in [0.15, 0.2) is 279 Å². The third kappa shape index (κ3) is 20.2. The van der Waals surface area contributed by atoms with E-state index < -0.39 is 64.6 Å². The van der Waals surface area contributed by atoms with E-state index in [0.29, 0.717) is 0 Å². The zero-order valence-corrected chi connectivity index (χ0v) is 57.4. The smallest absolute Gasteiger partial charge is 0.0463 e. The fraction of sp³-hybridized carbons (Fsp3) is 0.147. The van der Waals surface area contributed by atoms with Crippen LogP contribution >= 0.6 is 69.4 Å². The van der Waals surface area contributed by atoms with Crippen molar-refractivity contribution in [2.45, 2.75) is 20.8 Å². The molecule has 0 heterocycles. The average molecular weight is 1600 g/mol. The Bertz CT molecular complexity index is 2720. The van der Waals surface area contributed by atoms with Gasteiger partial charge in [-0.05, 0) is 106 Å². The fourth-order valence-electron chi connectivity index (χ4n) is 9.69. The van der Waals surface area contributed by atoms with Crippen LogP contribution in [0, 0.1) is 0 Å². The van der Waals surface area contributed by atoms with Crippen LogP contribution in [0.5, 0.6) is 0 Å². The van der Waals surface area contributed by atoms with Gasteiger partial charge in [-0.2, -0.15) is 0 Å². The maximum atomic E-state index is 4.88. The molecule has 4 nitrogen and oxygen atoms in total. The third-order valence-corrected chi connectivity index (χ3v) is 23.6. The van der Waals surface area contributed by atoms with Crippen molar-refractivity contribution in [2.24, 2.45) is 0 Å². The summed E-state index contributed by atoms with van der Waals surface area (Å²) in [4.78, 5) is 7.89. The first-order chi connectivity index (χ1) is 39.9. The molecule has 0 aliphatic rings. The number of anilines is 2. The molecule has 0 spiro atoms.